The molecular formula is C5H12ClN3. The molecule has 3 nitrogen and oxygen atoms in total. The number of nitrogens with one attached hydrogen (secondary N) is 3. The Morgan fingerprint density at radius 1 is 1.56 bits per heavy atom. The normalized spacial score (nSPS) is 36.7. The molecule has 0 aromatic heterocycles. The zero-order valence-electron chi connectivity index (χ0n) is 5.45. The van der Waals surface area contributed by atoms with E-state index in [4.69, 9.17) is 11.6 Å². The molecule has 1 saturated heterocycles. The smallest absolute Gasteiger partial charge is 0.0963 e. The summed E-state index contributed by atoms with van der Waals surface area (Å²) in [4.78, 5) is 0. The van der Waals surface area contributed by atoms with Crippen molar-refractivity contribution in [1.82, 2.24) is 16.0 Å². The second kappa shape index (κ2) is 3.37. The topological polar surface area (TPSA) is 36.1 Å². The first-order valence-electron chi connectivity index (χ1n) is 3.11. The van der Waals surface area contributed by atoms with Gasteiger partial charge >= 0.3 is 0 Å². The van der Waals surface area contributed by atoms with Gasteiger partial charge in [-0.2, -0.15) is 0 Å². The maximum absolute atomic E-state index is 5.78. The van der Waals surface area contributed by atoms with Crippen molar-refractivity contribution in [2.75, 3.05) is 20.1 Å². The molecule has 9 heavy (non-hydrogen) atoms. The molecule has 0 radical (unpaired) electrons. The van der Waals surface area contributed by atoms with Crippen molar-refractivity contribution >= 4 is 11.6 Å². The fourth-order valence-electron chi connectivity index (χ4n) is 0.876. The average molecular weight is 150 g/mol. The fraction of sp³-hybridized carbons (Fsp3) is 1.00. The van der Waals surface area contributed by atoms with Crippen molar-refractivity contribution in [1.29, 1.82) is 0 Å². The molecule has 2 atom stereocenters. The van der Waals surface area contributed by atoms with E-state index in [1.165, 1.54) is 0 Å². The van der Waals surface area contributed by atoms with Gasteiger partial charge < -0.3 is 10.6 Å². The van der Waals surface area contributed by atoms with Crippen LogP contribution in [0.25, 0.3) is 0 Å². The van der Waals surface area contributed by atoms with Crippen molar-refractivity contribution in [3.8, 4) is 0 Å². The summed E-state index contributed by atoms with van der Waals surface area (Å²) in [6, 6.07) is 0. The maximum Gasteiger partial charge on any atom is 0.0963 e. The molecule has 0 aliphatic carbocycles. The average Bonchev–Trinajstić information content (AvgIpc) is 1.88. The van der Waals surface area contributed by atoms with Crippen molar-refractivity contribution < 1.29 is 0 Å². The van der Waals surface area contributed by atoms with Crippen molar-refractivity contribution in [3.63, 3.8) is 0 Å². The summed E-state index contributed by atoms with van der Waals surface area (Å²) in [5.41, 5.74) is 0.0659. The number of likely N-dealkylation sites (N-methyl/N-ethyl adjacent to an activating group) is 1. The number of alkyl halides is 1. The molecule has 2 unspecified atom stereocenters. The minimum Gasteiger partial charge on any atom is -0.311 e. The number of rotatable bonds is 1. The van der Waals surface area contributed by atoms with E-state index in [1.54, 1.807) is 0 Å². The van der Waals surface area contributed by atoms with Gasteiger partial charge in [-0.25, -0.2) is 0 Å². The highest BCUT2D eigenvalue weighted by Gasteiger charge is 2.15. The van der Waals surface area contributed by atoms with Gasteiger partial charge in [-0.15, -0.1) is 11.6 Å². The lowest BCUT2D eigenvalue weighted by molar-refractivity contribution is 0.360. The van der Waals surface area contributed by atoms with E-state index >= 15 is 0 Å². The predicted octanol–water partition coefficient (Wildman–Crippen LogP) is -0.710. The van der Waals surface area contributed by atoms with Crippen molar-refractivity contribution in [3.05, 3.63) is 0 Å². The molecule has 0 aromatic rings. The standard InChI is InChI=1S/C5H12ClN3/c1-7-5-3-8-2-4(6)9-5/h4-5,7-9H,2-3H2,1H3. The first-order valence-corrected chi connectivity index (χ1v) is 3.54. The number of halogens is 1. The van der Waals surface area contributed by atoms with Gasteiger partial charge in [0.1, 0.15) is 0 Å². The second-order valence-corrected chi connectivity index (χ2v) is 2.66. The number of piperazine rings is 1. The summed E-state index contributed by atoms with van der Waals surface area (Å²) >= 11 is 5.78. The van der Waals surface area contributed by atoms with Gasteiger partial charge in [0, 0.05) is 13.1 Å². The minimum atomic E-state index is 0.0659. The molecular weight excluding hydrogens is 138 g/mol. The summed E-state index contributed by atoms with van der Waals surface area (Å²) in [7, 11) is 1.91. The summed E-state index contributed by atoms with van der Waals surface area (Å²) < 4.78 is 0. The van der Waals surface area contributed by atoms with E-state index in [0.29, 0.717) is 6.17 Å². The highest BCUT2D eigenvalue weighted by Crippen LogP contribution is 1.94. The largest absolute Gasteiger partial charge is 0.311 e. The summed E-state index contributed by atoms with van der Waals surface area (Å²) in [6.07, 6.45) is 0.321. The van der Waals surface area contributed by atoms with Crippen LogP contribution >= 0.6 is 11.6 Å². The number of hydrogen-bond acceptors (Lipinski definition) is 3. The van der Waals surface area contributed by atoms with E-state index in [1.807, 2.05) is 7.05 Å². The monoisotopic (exact) mass is 149 g/mol. The molecule has 0 bridgehead atoms. The third-order valence-corrected chi connectivity index (χ3v) is 1.68. The van der Waals surface area contributed by atoms with Gasteiger partial charge in [0.05, 0.1) is 11.7 Å². The molecule has 0 aromatic carbocycles. The van der Waals surface area contributed by atoms with Gasteiger partial charge in [-0.3, -0.25) is 5.32 Å². The lowest BCUT2D eigenvalue weighted by atomic mass is 10.4. The molecule has 3 N–H and O–H groups in total. The Bertz CT molecular complexity index is 88.3. The summed E-state index contributed by atoms with van der Waals surface area (Å²) in [6.45, 7) is 1.79. The third-order valence-electron chi connectivity index (χ3n) is 1.40. The Morgan fingerprint density at radius 2 is 2.33 bits per heavy atom. The number of hydrogen-bond donors (Lipinski definition) is 3. The molecule has 0 spiro atoms. The molecule has 0 amide bonds. The van der Waals surface area contributed by atoms with Crippen LogP contribution in [0, 0.1) is 0 Å². The Labute approximate surface area is 60.1 Å². The maximum atomic E-state index is 5.78. The van der Waals surface area contributed by atoms with E-state index in [-0.39, 0.29) is 5.50 Å². The molecule has 4 heteroatoms. The highest BCUT2D eigenvalue weighted by molar-refractivity contribution is 6.20. The second-order valence-electron chi connectivity index (χ2n) is 2.13. The predicted molar refractivity (Wildman–Crippen MR) is 38.5 cm³/mol. The molecule has 0 saturated carbocycles. The van der Waals surface area contributed by atoms with Crippen LogP contribution in [0.2, 0.25) is 0 Å². The Hall–Kier alpha value is 0.170. The molecule has 1 rings (SSSR count). The zero-order chi connectivity index (χ0) is 6.69. The first kappa shape index (κ1) is 7.28. The SMILES string of the molecule is CNC1CNCC(Cl)N1. The van der Waals surface area contributed by atoms with Gasteiger partial charge in [0.2, 0.25) is 0 Å². The van der Waals surface area contributed by atoms with E-state index in [9.17, 15) is 0 Å². The van der Waals surface area contributed by atoms with Crippen LogP contribution in [-0.2, 0) is 0 Å². The van der Waals surface area contributed by atoms with Gasteiger partial charge in [0.15, 0.2) is 0 Å². The fourth-order valence-corrected chi connectivity index (χ4v) is 1.14. The van der Waals surface area contributed by atoms with Crippen LogP contribution < -0.4 is 16.0 Å². The van der Waals surface area contributed by atoms with Crippen LogP contribution in [0.4, 0.5) is 0 Å². The Morgan fingerprint density at radius 3 is 2.78 bits per heavy atom. The first-order chi connectivity index (χ1) is 4.33. The molecule has 54 valence electrons. The van der Waals surface area contributed by atoms with Crippen LogP contribution in [0.5, 0.6) is 0 Å². The summed E-state index contributed by atoms with van der Waals surface area (Å²) in [5, 5.41) is 9.41. The van der Waals surface area contributed by atoms with E-state index in [2.05, 4.69) is 16.0 Å². The summed E-state index contributed by atoms with van der Waals surface area (Å²) in [5.74, 6) is 0. The van der Waals surface area contributed by atoms with E-state index < -0.39 is 0 Å². The van der Waals surface area contributed by atoms with Crippen LogP contribution in [0.3, 0.4) is 0 Å². The third kappa shape index (κ3) is 2.10. The van der Waals surface area contributed by atoms with Gasteiger partial charge in [-0.1, -0.05) is 0 Å². The molecule has 1 fully saturated rings. The Balaban J connectivity index is 2.23. The zero-order valence-corrected chi connectivity index (χ0v) is 6.20. The van der Waals surface area contributed by atoms with Crippen LogP contribution in [-0.4, -0.2) is 31.8 Å². The quantitative estimate of drug-likeness (QED) is 0.341. The van der Waals surface area contributed by atoms with Crippen molar-refractivity contribution in [2.45, 2.75) is 11.7 Å². The minimum absolute atomic E-state index is 0.0659. The van der Waals surface area contributed by atoms with Crippen LogP contribution in [0.15, 0.2) is 0 Å². The lowest BCUT2D eigenvalue weighted by Gasteiger charge is -2.27. The molecule has 1 aliphatic heterocycles. The van der Waals surface area contributed by atoms with E-state index in [0.717, 1.165) is 13.1 Å². The molecule has 1 heterocycles. The lowest BCUT2D eigenvalue weighted by Crippen LogP contribution is -2.57. The molecule has 1 aliphatic rings. The van der Waals surface area contributed by atoms with Crippen LogP contribution in [0.1, 0.15) is 0 Å². The van der Waals surface area contributed by atoms with Gasteiger partial charge in [0.25, 0.3) is 0 Å². The Kier molecular flexibility index (Phi) is 2.72. The van der Waals surface area contributed by atoms with Gasteiger partial charge in [-0.05, 0) is 7.05 Å². The highest BCUT2D eigenvalue weighted by atomic mass is 35.5. The van der Waals surface area contributed by atoms with Crippen molar-refractivity contribution in [2.24, 2.45) is 0 Å².